The lowest BCUT2D eigenvalue weighted by Crippen LogP contribution is -2.38. The number of hydrogen-bond donors (Lipinski definition) is 2. The minimum Gasteiger partial charge on any atom is -0.497 e. The minimum absolute atomic E-state index is 0. The van der Waals surface area contributed by atoms with E-state index in [1.54, 1.807) is 7.11 Å². The van der Waals surface area contributed by atoms with Crippen LogP contribution in [-0.4, -0.2) is 52.0 Å². The molecule has 0 bridgehead atoms. The quantitative estimate of drug-likeness (QED) is 0.228. The van der Waals surface area contributed by atoms with Crippen LogP contribution in [0.25, 0.3) is 0 Å². The van der Waals surface area contributed by atoms with E-state index in [1.165, 1.54) is 0 Å². The summed E-state index contributed by atoms with van der Waals surface area (Å²) in [5, 5.41) is 6.53. The zero-order valence-electron chi connectivity index (χ0n) is 15.7. The van der Waals surface area contributed by atoms with Crippen molar-refractivity contribution in [2.75, 3.05) is 40.0 Å². The summed E-state index contributed by atoms with van der Waals surface area (Å²) in [6.07, 6.45) is 0.938. The van der Waals surface area contributed by atoms with Gasteiger partial charge in [0.15, 0.2) is 5.96 Å². The topological polar surface area (TPSA) is 64.1 Å². The highest BCUT2D eigenvalue weighted by molar-refractivity contribution is 14.0. The van der Waals surface area contributed by atoms with Crippen LogP contribution in [0.4, 0.5) is 0 Å². The van der Waals surface area contributed by atoms with Crippen molar-refractivity contribution in [1.29, 1.82) is 0 Å². The fourth-order valence-corrected chi connectivity index (χ4v) is 2.01. The van der Waals surface area contributed by atoms with E-state index < -0.39 is 0 Å². The SMILES string of the molecule is CCNC(=NCC(C)Oc1ccc(OC)cc1)NCCCOCC.I. The van der Waals surface area contributed by atoms with Gasteiger partial charge in [0.2, 0.25) is 0 Å². The van der Waals surface area contributed by atoms with Crippen LogP contribution in [-0.2, 0) is 4.74 Å². The van der Waals surface area contributed by atoms with Crippen molar-refractivity contribution in [1.82, 2.24) is 10.6 Å². The van der Waals surface area contributed by atoms with E-state index in [-0.39, 0.29) is 30.1 Å². The van der Waals surface area contributed by atoms with Gasteiger partial charge in [-0.2, -0.15) is 0 Å². The Labute approximate surface area is 168 Å². The van der Waals surface area contributed by atoms with E-state index in [2.05, 4.69) is 22.5 Å². The standard InChI is InChI=1S/C18H31N3O3.HI/c1-5-19-18(20-12-7-13-23-6-2)21-14-15(3)24-17-10-8-16(22-4)9-11-17;/h8-11,15H,5-7,12-14H2,1-4H3,(H2,19,20,21);1H. The summed E-state index contributed by atoms with van der Waals surface area (Å²) >= 11 is 0. The van der Waals surface area contributed by atoms with Crippen LogP contribution in [0.3, 0.4) is 0 Å². The van der Waals surface area contributed by atoms with Gasteiger partial charge in [0.1, 0.15) is 17.6 Å². The fourth-order valence-electron chi connectivity index (χ4n) is 2.01. The van der Waals surface area contributed by atoms with E-state index in [9.17, 15) is 0 Å². The molecule has 6 nitrogen and oxygen atoms in total. The molecule has 144 valence electrons. The molecule has 0 aliphatic rings. The molecule has 1 rings (SSSR count). The normalized spacial score (nSPS) is 12.1. The van der Waals surface area contributed by atoms with Gasteiger partial charge in [0.25, 0.3) is 0 Å². The highest BCUT2D eigenvalue weighted by Crippen LogP contribution is 2.18. The largest absolute Gasteiger partial charge is 0.497 e. The molecule has 2 N–H and O–H groups in total. The molecular weight excluding hydrogens is 433 g/mol. The van der Waals surface area contributed by atoms with Crippen molar-refractivity contribution in [3.63, 3.8) is 0 Å². The molecule has 0 spiro atoms. The molecule has 0 aromatic heterocycles. The third-order valence-corrected chi connectivity index (χ3v) is 3.21. The molecule has 0 heterocycles. The number of nitrogens with one attached hydrogen (secondary N) is 2. The van der Waals surface area contributed by atoms with Gasteiger partial charge in [0, 0.05) is 26.3 Å². The van der Waals surface area contributed by atoms with Gasteiger partial charge >= 0.3 is 0 Å². The molecule has 1 unspecified atom stereocenters. The number of aliphatic imine (C=N–C) groups is 1. The number of rotatable bonds is 11. The lowest BCUT2D eigenvalue weighted by Gasteiger charge is -2.15. The molecule has 1 atom stereocenters. The Kier molecular flexibility index (Phi) is 14.3. The summed E-state index contributed by atoms with van der Waals surface area (Å²) in [5.41, 5.74) is 0. The van der Waals surface area contributed by atoms with E-state index in [0.717, 1.165) is 50.2 Å². The van der Waals surface area contributed by atoms with Crippen molar-refractivity contribution >= 4 is 29.9 Å². The third kappa shape index (κ3) is 11.1. The number of halogens is 1. The molecule has 1 aromatic carbocycles. The van der Waals surface area contributed by atoms with Crippen LogP contribution in [0.5, 0.6) is 11.5 Å². The van der Waals surface area contributed by atoms with E-state index in [4.69, 9.17) is 14.2 Å². The molecule has 0 aliphatic heterocycles. The lowest BCUT2D eigenvalue weighted by atomic mass is 10.3. The highest BCUT2D eigenvalue weighted by Gasteiger charge is 2.05. The number of guanidine groups is 1. The smallest absolute Gasteiger partial charge is 0.191 e. The first-order valence-electron chi connectivity index (χ1n) is 8.60. The zero-order chi connectivity index (χ0) is 17.6. The van der Waals surface area contributed by atoms with Crippen LogP contribution in [0.1, 0.15) is 27.2 Å². The monoisotopic (exact) mass is 465 g/mol. The summed E-state index contributed by atoms with van der Waals surface area (Å²) in [6.45, 7) is 9.82. The molecule has 0 radical (unpaired) electrons. The maximum absolute atomic E-state index is 5.86. The second-order valence-corrected chi connectivity index (χ2v) is 5.30. The highest BCUT2D eigenvalue weighted by atomic mass is 127. The summed E-state index contributed by atoms with van der Waals surface area (Å²) in [5.74, 6) is 2.44. The maximum Gasteiger partial charge on any atom is 0.191 e. The Balaban J connectivity index is 0.00000576. The second-order valence-electron chi connectivity index (χ2n) is 5.30. The third-order valence-electron chi connectivity index (χ3n) is 3.21. The van der Waals surface area contributed by atoms with E-state index in [1.807, 2.05) is 38.1 Å². The molecule has 0 saturated heterocycles. The first kappa shape index (κ1) is 23.8. The number of methoxy groups -OCH3 is 1. The summed E-state index contributed by atoms with van der Waals surface area (Å²) in [7, 11) is 1.65. The first-order chi connectivity index (χ1) is 11.7. The van der Waals surface area contributed by atoms with Gasteiger partial charge in [-0.3, -0.25) is 0 Å². The lowest BCUT2D eigenvalue weighted by molar-refractivity contribution is 0.145. The van der Waals surface area contributed by atoms with Gasteiger partial charge in [-0.05, 0) is 51.5 Å². The van der Waals surface area contributed by atoms with Crippen LogP contribution in [0.2, 0.25) is 0 Å². The van der Waals surface area contributed by atoms with Crippen molar-refractivity contribution in [3.8, 4) is 11.5 Å². The molecular formula is C18H32IN3O3. The minimum atomic E-state index is -0.0164. The van der Waals surface area contributed by atoms with Gasteiger partial charge in [-0.25, -0.2) is 4.99 Å². The fraction of sp³-hybridized carbons (Fsp3) is 0.611. The average Bonchev–Trinajstić information content (AvgIpc) is 2.60. The number of ether oxygens (including phenoxy) is 3. The summed E-state index contributed by atoms with van der Waals surface area (Å²) in [6, 6.07) is 7.57. The van der Waals surface area contributed by atoms with Gasteiger partial charge in [0.05, 0.1) is 13.7 Å². The van der Waals surface area contributed by atoms with Crippen LogP contribution >= 0.6 is 24.0 Å². The van der Waals surface area contributed by atoms with Crippen molar-refractivity contribution in [2.45, 2.75) is 33.3 Å². The Morgan fingerprint density at radius 3 is 2.40 bits per heavy atom. The van der Waals surface area contributed by atoms with Gasteiger partial charge < -0.3 is 24.8 Å². The Morgan fingerprint density at radius 1 is 1.12 bits per heavy atom. The molecule has 0 saturated carbocycles. The molecule has 0 fully saturated rings. The van der Waals surface area contributed by atoms with E-state index >= 15 is 0 Å². The second kappa shape index (κ2) is 15.1. The van der Waals surface area contributed by atoms with Crippen LogP contribution < -0.4 is 20.1 Å². The van der Waals surface area contributed by atoms with Crippen LogP contribution in [0, 0.1) is 0 Å². The van der Waals surface area contributed by atoms with Gasteiger partial charge in [-0.1, -0.05) is 0 Å². The van der Waals surface area contributed by atoms with Crippen molar-refractivity contribution in [3.05, 3.63) is 24.3 Å². The summed E-state index contributed by atoms with van der Waals surface area (Å²) in [4.78, 5) is 4.56. The van der Waals surface area contributed by atoms with Crippen LogP contribution in [0.15, 0.2) is 29.3 Å². The first-order valence-corrected chi connectivity index (χ1v) is 8.60. The predicted molar refractivity (Wildman–Crippen MR) is 114 cm³/mol. The Morgan fingerprint density at radius 2 is 1.80 bits per heavy atom. The Bertz CT molecular complexity index is 469. The number of benzene rings is 1. The van der Waals surface area contributed by atoms with Crippen molar-refractivity contribution in [2.24, 2.45) is 4.99 Å². The van der Waals surface area contributed by atoms with Gasteiger partial charge in [-0.15, -0.1) is 24.0 Å². The zero-order valence-corrected chi connectivity index (χ0v) is 18.0. The maximum atomic E-state index is 5.86. The molecule has 7 heteroatoms. The average molecular weight is 465 g/mol. The molecule has 1 aromatic rings. The number of nitrogens with zero attached hydrogens (tertiary/aromatic N) is 1. The molecule has 0 aliphatic carbocycles. The predicted octanol–water partition coefficient (Wildman–Crippen LogP) is 3.06. The Hall–Kier alpha value is -1.22. The molecule has 0 amide bonds. The number of hydrogen-bond acceptors (Lipinski definition) is 4. The van der Waals surface area contributed by atoms with E-state index in [0.29, 0.717) is 6.54 Å². The van der Waals surface area contributed by atoms with Crippen molar-refractivity contribution < 1.29 is 14.2 Å². The summed E-state index contributed by atoms with van der Waals surface area (Å²) < 4.78 is 16.3. The molecule has 25 heavy (non-hydrogen) atoms.